The van der Waals surface area contributed by atoms with Crippen LogP contribution in [0.1, 0.15) is 15.9 Å². The van der Waals surface area contributed by atoms with Crippen LogP contribution in [-0.4, -0.2) is 16.1 Å². The standard InChI is InChI=1S/C13H10ClNO2S/c1-8-3-2-4-10(5-8)18-12-7-9(13(16)17)6-11(14)15-12/h2-7H,1H3,(H,16,17). The molecule has 0 amide bonds. The maximum Gasteiger partial charge on any atom is 0.335 e. The van der Waals surface area contributed by atoms with Crippen molar-refractivity contribution in [3.8, 4) is 0 Å². The Kier molecular flexibility index (Phi) is 3.89. The Morgan fingerprint density at radius 3 is 2.78 bits per heavy atom. The van der Waals surface area contributed by atoms with Crippen molar-refractivity contribution in [1.29, 1.82) is 0 Å². The molecule has 0 bridgehead atoms. The second-order valence-corrected chi connectivity index (χ2v) is 5.22. The number of pyridine rings is 1. The van der Waals surface area contributed by atoms with Gasteiger partial charge in [-0.1, -0.05) is 41.1 Å². The predicted molar refractivity (Wildman–Crippen MR) is 71.5 cm³/mol. The van der Waals surface area contributed by atoms with E-state index in [2.05, 4.69) is 4.98 Å². The maximum absolute atomic E-state index is 10.9. The number of benzene rings is 1. The van der Waals surface area contributed by atoms with Crippen molar-refractivity contribution in [3.05, 3.63) is 52.7 Å². The SMILES string of the molecule is Cc1cccc(Sc2cc(C(=O)O)cc(Cl)n2)c1. The molecule has 1 aromatic heterocycles. The molecule has 2 aromatic rings. The molecule has 0 atom stereocenters. The minimum absolute atomic E-state index is 0.144. The van der Waals surface area contributed by atoms with E-state index in [4.69, 9.17) is 16.7 Å². The Morgan fingerprint density at radius 1 is 1.33 bits per heavy atom. The van der Waals surface area contributed by atoms with Gasteiger partial charge >= 0.3 is 5.97 Å². The summed E-state index contributed by atoms with van der Waals surface area (Å²) < 4.78 is 0. The molecule has 0 fully saturated rings. The molecule has 0 radical (unpaired) electrons. The zero-order valence-corrected chi connectivity index (χ0v) is 11.1. The summed E-state index contributed by atoms with van der Waals surface area (Å²) in [5, 5.41) is 9.71. The number of aryl methyl sites for hydroxylation is 1. The minimum Gasteiger partial charge on any atom is -0.478 e. The van der Waals surface area contributed by atoms with Gasteiger partial charge in [0.05, 0.1) is 5.56 Å². The van der Waals surface area contributed by atoms with Crippen LogP contribution in [0, 0.1) is 6.92 Å². The van der Waals surface area contributed by atoms with Gasteiger partial charge in [-0.15, -0.1) is 0 Å². The highest BCUT2D eigenvalue weighted by Crippen LogP contribution is 2.28. The van der Waals surface area contributed by atoms with Gasteiger partial charge in [-0.2, -0.15) is 0 Å². The summed E-state index contributed by atoms with van der Waals surface area (Å²) in [7, 11) is 0. The van der Waals surface area contributed by atoms with Gasteiger partial charge in [0.15, 0.2) is 0 Å². The quantitative estimate of drug-likeness (QED) is 0.866. The van der Waals surface area contributed by atoms with Gasteiger partial charge in [-0.25, -0.2) is 9.78 Å². The lowest BCUT2D eigenvalue weighted by Gasteiger charge is -2.04. The van der Waals surface area contributed by atoms with Crippen molar-refractivity contribution in [2.45, 2.75) is 16.8 Å². The average Bonchev–Trinajstić information content (AvgIpc) is 2.28. The molecule has 3 nitrogen and oxygen atoms in total. The first-order valence-corrected chi connectivity index (χ1v) is 6.39. The fourth-order valence-electron chi connectivity index (χ4n) is 1.45. The molecule has 92 valence electrons. The van der Waals surface area contributed by atoms with Gasteiger partial charge in [-0.05, 0) is 31.2 Å². The molecule has 1 aromatic carbocycles. The number of rotatable bonds is 3. The fraction of sp³-hybridized carbons (Fsp3) is 0.0769. The number of aromatic carboxylic acids is 1. The first-order valence-electron chi connectivity index (χ1n) is 5.20. The lowest BCUT2D eigenvalue weighted by atomic mass is 10.2. The molecule has 1 heterocycles. The minimum atomic E-state index is -1.01. The molecule has 2 rings (SSSR count). The molecule has 0 aliphatic carbocycles. The van der Waals surface area contributed by atoms with Gasteiger partial charge in [0.25, 0.3) is 0 Å². The number of aromatic nitrogens is 1. The van der Waals surface area contributed by atoms with E-state index in [1.807, 2.05) is 31.2 Å². The number of hydrogen-bond acceptors (Lipinski definition) is 3. The van der Waals surface area contributed by atoms with E-state index in [-0.39, 0.29) is 10.7 Å². The molecule has 0 unspecified atom stereocenters. The summed E-state index contributed by atoms with van der Waals surface area (Å²) in [5.74, 6) is -1.01. The fourth-order valence-corrected chi connectivity index (χ4v) is 2.67. The van der Waals surface area contributed by atoms with Crippen molar-refractivity contribution in [3.63, 3.8) is 0 Å². The largest absolute Gasteiger partial charge is 0.478 e. The molecule has 0 aliphatic heterocycles. The van der Waals surface area contributed by atoms with Crippen LogP contribution in [0.25, 0.3) is 0 Å². The van der Waals surface area contributed by atoms with Gasteiger partial charge < -0.3 is 5.11 Å². The molecular formula is C13H10ClNO2S. The Bertz CT molecular complexity index is 601. The van der Waals surface area contributed by atoms with Crippen LogP contribution in [0.4, 0.5) is 0 Å². The summed E-state index contributed by atoms with van der Waals surface area (Å²) in [6, 6.07) is 10.7. The van der Waals surface area contributed by atoms with Crippen molar-refractivity contribution >= 4 is 29.3 Å². The van der Waals surface area contributed by atoms with Crippen LogP contribution in [0.2, 0.25) is 5.15 Å². The van der Waals surface area contributed by atoms with Crippen LogP contribution in [0.5, 0.6) is 0 Å². The monoisotopic (exact) mass is 279 g/mol. The number of carbonyl (C=O) groups is 1. The van der Waals surface area contributed by atoms with Crippen molar-refractivity contribution in [1.82, 2.24) is 4.98 Å². The van der Waals surface area contributed by atoms with Gasteiger partial charge in [-0.3, -0.25) is 0 Å². The van der Waals surface area contributed by atoms with Crippen LogP contribution in [0.15, 0.2) is 46.3 Å². The normalized spacial score (nSPS) is 10.3. The molecule has 1 N–H and O–H groups in total. The topological polar surface area (TPSA) is 50.2 Å². The second-order valence-electron chi connectivity index (χ2n) is 3.74. The van der Waals surface area contributed by atoms with E-state index in [1.54, 1.807) is 0 Å². The molecule has 5 heteroatoms. The number of carboxylic acids is 1. The van der Waals surface area contributed by atoms with E-state index in [1.165, 1.54) is 23.9 Å². The third kappa shape index (κ3) is 3.24. The van der Waals surface area contributed by atoms with Crippen molar-refractivity contribution in [2.24, 2.45) is 0 Å². The number of halogens is 1. The lowest BCUT2D eigenvalue weighted by molar-refractivity contribution is 0.0696. The molecular weight excluding hydrogens is 270 g/mol. The summed E-state index contributed by atoms with van der Waals surface area (Å²) in [5.41, 5.74) is 1.28. The smallest absolute Gasteiger partial charge is 0.335 e. The number of hydrogen-bond donors (Lipinski definition) is 1. The van der Waals surface area contributed by atoms with E-state index < -0.39 is 5.97 Å². The number of nitrogens with zero attached hydrogens (tertiary/aromatic N) is 1. The molecule has 0 spiro atoms. The van der Waals surface area contributed by atoms with Crippen LogP contribution >= 0.6 is 23.4 Å². The Labute approximate surface area is 114 Å². The van der Waals surface area contributed by atoms with E-state index in [0.717, 1.165) is 10.5 Å². The third-order valence-corrected chi connectivity index (χ3v) is 3.33. The zero-order chi connectivity index (χ0) is 13.1. The highest BCUT2D eigenvalue weighted by Gasteiger charge is 2.08. The van der Waals surface area contributed by atoms with Gasteiger partial charge in [0.2, 0.25) is 0 Å². The first kappa shape index (κ1) is 12.9. The van der Waals surface area contributed by atoms with E-state index in [9.17, 15) is 4.79 Å². The third-order valence-electron chi connectivity index (χ3n) is 2.23. The lowest BCUT2D eigenvalue weighted by Crippen LogP contribution is -1.97. The maximum atomic E-state index is 10.9. The summed E-state index contributed by atoms with van der Waals surface area (Å²) in [6.45, 7) is 2.00. The first-order chi connectivity index (χ1) is 8.54. The number of carboxylic acid groups (broad SMARTS) is 1. The van der Waals surface area contributed by atoms with Crippen molar-refractivity contribution in [2.75, 3.05) is 0 Å². The molecule has 18 heavy (non-hydrogen) atoms. The van der Waals surface area contributed by atoms with E-state index in [0.29, 0.717) is 5.03 Å². The van der Waals surface area contributed by atoms with Crippen LogP contribution in [0.3, 0.4) is 0 Å². The highest BCUT2D eigenvalue weighted by atomic mass is 35.5. The summed E-state index contributed by atoms with van der Waals surface area (Å²) in [6.07, 6.45) is 0. The zero-order valence-electron chi connectivity index (χ0n) is 9.55. The van der Waals surface area contributed by atoms with E-state index >= 15 is 0 Å². The average molecular weight is 280 g/mol. The summed E-state index contributed by atoms with van der Waals surface area (Å²) >= 11 is 7.19. The Morgan fingerprint density at radius 2 is 2.11 bits per heavy atom. The molecule has 0 saturated heterocycles. The second kappa shape index (κ2) is 5.42. The van der Waals surface area contributed by atoms with Crippen LogP contribution in [-0.2, 0) is 0 Å². The highest BCUT2D eigenvalue weighted by molar-refractivity contribution is 7.99. The summed E-state index contributed by atoms with van der Waals surface area (Å²) in [4.78, 5) is 16.0. The van der Waals surface area contributed by atoms with Gasteiger partial charge in [0.1, 0.15) is 10.2 Å². The van der Waals surface area contributed by atoms with Gasteiger partial charge in [0, 0.05) is 4.90 Å². The van der Waals surface area contributed by atoms with Crippen molar-refractivity contribution < 1.29 is 9.90 Å². The van der Waals surface area contributed by atoms with Crippen LogP contribution < -0.4 is 0 Å². The Balaban J connectivity index is 2.31. The molecule has 0 saturated carbocycles. The molecule has 0 aliphatic rings. The Hall–Kier alpha value is -1.52. The predicted octanol–water partition coefficient (Wildman–Crippen LogP) is 3.89.